The first-order valence-corrected chi connectivity index (χ1v) is 7.47. The van der Waals surface area contributed by atoms with Crippen LogP contribution in [0, 0.1) is 10.1 Å². The third-order valence-electron chi connectivity index (χ3n) is 3.39. The number of nitro groups is 1. The fourth-order valence-electron chi connectivity index (χ4n) is 2.34. The number of nitrogens with zero attached hydrogens (tertiary/aromatic N) is 1. The molecule has 6 heteroatoms. The highest BCUT2D eigenvalue weighted by molar-refractivity contribution is 5.56. The fourth-order valence-corrected chi connectivity index (χ4v) is 2.34. The Labute approximate surface area is 124 Å². The minimum Gasteiger partial charge on any atom is -0.493 e. The maximum absolute atomic E-state index is 11.0. The number of benzene rings is 1. The van der Waals surface area contributed by atoms with Gasteiger partial charge in [-0.3, -0.25) is 10.1 Å². The van der Waals surface area contributed by atoms with Gasteiger partial charge in [-0.2, -0.15) is 0 Å². The molecule has 1 aromatic carbocycles. The van der Waals surface area contributed by atoms with Crippen LogP contribution in [0.5, 0.6) is 5.75 Å². The average molecular weight is 294 g/mol. The van der Waals surface area contributed by atoms with Crippen molar-refractivity contribution in [1.82, 2.24) is 0 Å². The van der Waals surface area contributed by atoms with Gasteiger partial charge in [0.2, 0.25) is 0 Å². The van der Waals surface area contributed by atoms with Gasteiger partial charge in [0, 0.05) is 31.0 Å². The van der Waals surface area contributed by atoms with Crippen LogP contribution in [0.25, 0.3) is 0 Å². The predicted octanol–water partition coefficient (Wildman–Crippen LogP) is 3.36. The molecule has 0 bridgehead atoms. The third-order valence-corrected chi connectivity index (χ3v) is 3.39. The lowest BCUT2D eigenvalue weighted by atomic mass is 10.2. The first kappa shape index (κ1) is 15.6. The largest absolute Gasteiger partial charge is 0.493 e. The van der Waals surface area contributed by atoms with Crippen LogP contribution in [0.1, 0.15) is 32.6 Å². The van der Waals surface area contributed by atoms with Crippen LogP contribution >= 0.6 is 0 Å². The van der Waals surface area contributed by atoms with E-state index in [1.165, 1.54) is 12.1 Å². The molecule has 1 atom stereocenters. The summed E-state index contributed by atoms with van der Waals surface area (Å²) in [6.07, 6.45) is 4.31. The van der Waals surface area contributed by atoms with E-state index in [9.17, 15) is 10.1 Å². The predicted molar refractivity (Wildman–Crippen MR) is 81.0 cm³/mol. The summed E-state index contributed by atoms with van der Waals surface area (Å²) in [5.74, 6) is 0.533. The molecule has 1 unspecified atom stereocenters. The Bertz CT molecular complexity index is 473. The molecule has 116 valence electrons. The van der Waals surface area contributed by atoms with Crippen molar-refractivity contribution in [3.05, 3.63) is 28.3 Å². The number of hydrogen-bond donors (Lipinski definition) is 1. The van der Waals surface area contributed by atoms with Crippen LogP contribution in [-0.2, 0) is 4.74 Å². The van der Waals surface area contributed by atoms with E-state index in [0.717, 1.165) is 38.8 Å². The second-order valence-corrected chi connectivity index (χ2v) is 5.17. The number of nitro benzene ring substituents is 1. The summed E-state index contributed by atoms with van der Waals surface area (Å²) in [6.45, 7) is 4.13. The molecule has 1 aliphatic heterocycles. The number of hydrogen-bond acceptors (Lipinski definition) is 5. The van der Waals surface area contributed by atoms with Gasteiger partial charge in [-0.15, -0.1) is 0 Å². The molecule has 0 aliphatic carbocycles. The Morgan fingerprint density at radius 1 is 1.48 bits per heavy atom. The molecule has 1 saturated heterocycles. The minimum absolute atomic E-state index is 0.0446. The fraction of sp³-hybridized carbons (Fsp3) is 0.600. The molecule has 1 N–H and O–H groups in total. The lowest BCUT2D eigenvalue weighted by Crippen LogP contribution is -2.12. The van der Waals surface area contributed by atoms with Crippen LogP contribution in [0.4, 0.5) is 11.4 Å². The highest BCUT2D eigenvalue weighted by atomic mass is 16.6. The summed E-state index contributed by atoms with van der Waals surface area (Å²) in [7, 11) is 0. The SMILES string of the molecule is CCCOc1cc(NCCC2CCCO2)cc([N+](=O)[O-])c1. The normalized spacial score (nSPS) is 17.7. The lowest BCUT2D eigenvalue weighted by Gasteiger charge is -2.12. The van der Waals surface area contributed by atoms with Crippen molar-refractivity contribution in [3.8, 4) is 5.75 Å². The van der Waals surface area contributed by atoms with Crippen LogP contribution in [0.2, 0.25) is 0 Å². The van der Waals surface area contributed by atoms with Crippen molar-refractivity contribution >= 4 is 11.4 Å². The molecular weight excluding hydrogens is 272 g/mol. The summed E-state index contributed by atoms with van der Waals surface area (Å²) in [6, 6.07) is 4.80. The highest BCUT2D eigenvalue weighted by Crippen LogP contribution is 2.26. The molecule has 1 aliphatic rings. The molecule has 0 spiro atoms. The molecule has 2 rings (SSSR count). The van der Waals surface area contributed by atoms with Gasteiger partial charge in [-0.05, 0) is 25.7 Å². The summed E-state index contributed by atoms with van der Waals surface area (Å²) >= 11 is 0. The Morgan fingerprint density at radius 2 is 2.33 bits per heavy atom. The number of ether oxygens (including phenoxy) is 2. The quantitative estimate of drug-likeness (QED) is 0.588. The average Bonchev–Trinajstić information content (AvgIpc) is 2.98. The minimum atomic E-state index is -0.399. The molecule has 0 saturated carbocycles. The van der Waals surface area contributed by atoms with E-state index >= 15 is 0 Å². The Hall–Kier alpha value is -1.82. The highest BCUT2D eigenvalue weighted by Gasteiger charge is 2.15. The smallest absolute Gasteiger partial charge is 0.275 e. The Morgan fingerprint density at radius 3 is 3.00 bits per heavy atom. The van der Waals surface area contributed by atoms with Crippen molar-refractivity contribution < 1.29 is 14.4 Å². The molecular formula is C15H22N2O4. The van der Waals surface area contributed by atoms with Crippen LogP contribution in [-0.4, -0.2) is 30.8 Å². The van der Waals surface area contributed by atoms with Gasteiger partial charge >= 0.3 is 0 Å². The standard InChI is InChI=1S/C15H22N2O4/c1-2-7-20-15-10-12(9-13(11-15)17(18)19)16-6-5-14-4-3-8-21-14/h9-11,14,16H,2-8H2,1H3. The molecule has 0 aromatic heterocycles. The van der Waals surface area contributed by atoms with E-state index in [1.54, 1.807) is 6.07 Å². The first-order chi connectivity index (χ1) is 10.2. The molecule has 1 fully saturated rings. The van der Waals surface area contributed by atoms with Gasteiger partial charge in [0.1, 0.15) is 5.75 Å². The molecule has 21 heavy (non-hydrogen) atoms. The first-order valence-electron chi connectivity index (χ1n) is 7.47. The monoisotopic (exact) mass is 294 g/mol. The van der Waals surface area contributed by atoms with Crippen LogP contribution < -0.4 is 10.1 Å². The van der Waals surface area contributed by atoms with Gasteiger partial charge in [0.25, 0.3) is 5.69 Å². The van der Waals surface area contributed by atoms with E-state index in [4.69, 9.17) is 9.47 Å². The van der Waals surface area contributed by atoms with Gasteiger partial charge in [0.15, 0.2) is 0 Å². The van der Waals surface area contributed by atoms with Crippen molar-refractivity contribution in [2.24, 2.45) is 0 Å². The number of nitrogens with one attached hydrogen (secondary N) is 1. The molecule has 1 heterocycles. The maximum Gasteiger partial charge on any atom is 0.275 e. The van der Waals surface area contributed by atoms with Gasteiger partial charge in [-0.1, -0.05) is 6.92 Å². The molecule has 6 nitrogen and oxygen atoms in total. The molecule has 0 amide bonds. The second kappa shape index (κ2) is 7.83. The summed E-state index contributed by atoms with van der Waals surface area (Å²) < 4.78 is 11.1. The molecule has 1 aromatic rings. The lowest BCUT2D eigenvalue weighted by molar-refractivity contribution is -0.384. The summed E-state index contributed by atoms with van der Waals surface area (Å²) in [5.41, 5.74) is 0.761. The van der Waals surface area contributed by atoms with Gasteiger partial charge < -0.3 is 14.8 Å². The zero-order valence-corrected chi connectivity index (χ0v) is 12.3. The van der Waals surface area contributed by atoms with Crippen molar-refractivity contribution in [2.45, 2.75) is 38.7 Å². The number of non-ortho nitro benzene ring substituents is 1. The topological polar surface area (TPSA) is 73.6 Å². The maximum atomic E-state index is 11.0. The van der Waals surface area contributed by atoms with Crippen LogP contribution in [0.3, 0.4) is 0 Å². The Balaban J connectivity index is 1.95. The van der Waals surface area contributed by atoms with Gasteiger partial charge in [-0.25, -0.2) is 0 Å². The van der Waals surface area contributed by atoms with Crippen molar-refractivity contribution in [3.63, 3.8) is 0 Å². The second-order valence-electron chi connectivity index (χ2n) is 5.17. The summed E-state index contributed by atoms with van der Waals surface area (Å²) in [5, 5.41) is 14.2. The van der Waals surface area contributed by atoms with E-state index < -0.39 is 4.92 Å². The van der Waals surface area contributed by atoms with E-state index in [2.05, 4.69) is 5.32 Å². The van der Waals surface area contributed by atoms with E-state index in [1.807, 2.05) is 6.92 Å². The van der Waals surface area contributed by atoms with Gasteiger partial charge in [0.05, 0.1) is 23.7 Å². The zero-order valence-electron chi connectivity index (χ0n) is 12.3. The Kier molecular flexibility index (Phi) is 5.80. The van der Waals surface area contributed by atoms with Crippen molar-refractivity contribution in [2.75, 3.05) is 25.1 Å². The number of rotatable bonds is 8. The summed E-state index contributed by atoms with van der Waals surface area (Å²) in [4.78, 5) is 10.6. The number of anilines is 1. The van der Waals surface area contributed by atoms with E-state index in [-0.39, 0.29) is 5.69 Å². The van der Waals surface area contributed by atoms with Crippen molar-refractivity contribution in [1.29, 1.82) is 0 Å². The van der Waals surface area contributed by atoms with E-state index in [0.29, 0.717) is 24.1 Å². The zero-order chi connectivity index (χ0) is 15.1. The van der Waals surface area contributed by atoms with Crippen LogP contribution in [0.15, 0.2) is 18.2 Å². The third kappa shape index (κ3) is 4.90. The molecule has 0 radical (unpaired) electrons.